The van der Waals surface area contributed by atoms with E-state index in [0.717, 1.165) is 18.4 Å². The standard InChI is InChI=1S/C18H19N7O10S2.Na/c1-34-23-13(11-8-36-17(19)21-11)15(26)22-14-12(24(16(14)27)37(31,32)33)6-20-18(28)35-7-9-2-4-10(5-3-9)25(29)30;/h2-5,8,12,14H,6-7H2,1H3,(H2,19,21)(H,20,28)(H,22,26)(H,31,32,33);/q;+1/p-1. The minimum absolute atomic E-state index is 0. The Labute approximate surface area is 240 Å². The number of benzene rings is 1. The molecule has 38 heavy (non-hydrogen) atoms. The molecule has 3 rings (SSSR count). The van der Waals surface area contributed by atoms with Crippen LogP contribution in [-0.4, -0.2) is 76.5 Å². The Bertz CT molecular complexity index is 1350. The number of nitrogens with two attached hydrogens (primary N) is 1. The van der Waals surface area contributed by atoms with E-state index in [1.807, 2.05) is 0 Å². The zero-order valence-electron chi connectivity index (χ0n) is 19.7. The number of nitro benzene ring substituents is 1. The summed E-state index contributed by atoms with van der Waals surface area (Å²) in [6, 6.07) is 2.15. The second kappa shape index (κ2) is 12.9. The number of anilines is 1. The quantitative estimate of drug-likeness (QED) is 0.0610. The molecule has 1 aliphatic heterocycles. The number of hydrogen-bond acceptors (Lipinski definition) is 14. The molecule has 1 aromatic carbocycles. The van der Waals surface area contributed by atoms with E-state index in [9.17, 15) is 37.5 Å². The summed E-state index contributed by atoms with van der Waals surface area (Å²) >= 11 is 0.999. The van der Waals surface area contributed by atoms with Crippen molar-refractivity contribution in [2.24, 2.45) is 5.16 Å². The van der Waals surface area contributed by atoms with E-state index in [1.165, 1.54) is 29.6 Å². The zero-order chi connectivity index (χ0) is 27.3. The number of hydrogen-bond donors (Lipinski definition) is 3. The Hall–Kier alpha value is -3.36. The maximum absolute atomic E-state index is 12.7. The first-order chi connectivity index (χ1) is 17.4. The summed E-state index contributed by atoms with van der Waals surface area (Å²) in [5.41, 5.74) is 5.45. The molecule has 198 valence electrons. The van der Waals surface area contributed by atoms with E-state index in [2.05, 4.69) is 25.6 Å². The molecule has 3 amide bonds. The molecular weight excluding hydrogens is 561 g/mol. The maximum atomic E-state index is 12.7. The number of β-lactam (4-membered cyclic amide) rings is 1. The Morgan fingerprint density at radius 1 is 1.32 bits per heavy atom. The minimum Gasteiger partial charge on any atom is -0.731 e. The van der Waals surface area contributed by atoms with Gasteiger partial charge in [0.05, 0.1) is 11.0 Å². The Kier molecular flexibility index (Phi) is 10.5. The van der Waals surface area contributed by atoms with Crippen LogP contribution in [0.3, 0.4) is 0 Å². The van der Waals surface area contributed by atoms with Crippen LogP contribution >= 0.6 is 11.3 Å². The number of rotatable bonds is 10. The SMILES string of the molecule is CON=C(C(=O)NC1C(=O)N(S(=O)(=O)[O-])C1CNC(=O)OCc1ccc([N+](=O)[O-])cc1)c1csc(N)n1.[Na+]. The van der Waals surface area contributed by atoms with E-state index >= 15 is 0 Å². The monoisotopic (exact) mass is 579 g/mol. The summed E-state index contributed by atoms with van der Waals surface area (Å²) in [4.78, 5) is 55.7. The van der Waals surface area contributed by atoms with Crippen molar-refractivity contribution < 1.29 is 71.4 Å². The second-order valence-corrected chi connectivity index (χ2v) is 9.32. The molecule has 2 unspecified atom stereocenters. The Morgan fingerprint density at radius 3 is 2.50 bits per heavy atom. The number of alkyl carbamates (subject to hydrolysis) is 1. The fourth-order valence-electron chi connectivity index (χ4n) is 3.16. The first-order valence-corrected chi connectivity index (χ1v) is 12.2. The number of carbonyl (C=O) groups is 3. The summed E-state index contributed by atoms with van der Waals surface area (Å²) in [6.07, 6.45) is -1.05. The van der Waals surface area contributed by atoms with Crippen LogP contribution in [0.1, 0.15) is 11.3 Å². The first kappa shape index (κ1) is 30.9. The summed E-state index contributed by atoms with van der Waals surface area (Å²) in [5, 5.41) is 20.2. The van der Waals surface area contributed by atoms with Crippen LogP contribution in [0.25, 0.3) is 0 Å². The van der Waals surface area contributed by atoms with Gasteiger partial charge in [0, 0.05) is 24.1 Å². The molecule has 2 atom stereocenters. The van der Waals surface area contributed by atoms with E-state index in [4.69, 9.17) is 10.5 Å². The van der Waals surface area contributed by atoms with Gasteiger partial charge in [-0.3, -0.25) is 19.7 Å². The zero-order valence-corrected chi connectivity index (χ0v) is 23.4. The van der Waals surface area contributed by atoms with Gasteiger partial charge in [0.2, 0.25) is 0 Å². The molecule has 2 heterocycles. The minimum atomic E-state index is -5.27. The van der Waals surface area contributed by atoms with Crippen LogP contribution in [0, 0.1) is 10.1 Å². The van der Waals surface area contributed by atoms with Crippen molar-refractivity contribution in [3.63, 3.8) is 0 Å². The smallest absolute Gasteiger partial charge is 0.731 e. The van der Waals surface area contributed by atoms with Gasteiger partial charge in [-0.25, -0.2) is 22.5 Å². The van der Waals surface area contributed by atoms with Crippen LogP contribution in [0.15, 0.2) is 34.8 Å². The van der Waals surface area contributed by atoms with Gasteiger partial charge in [-0.1, -0.05) is 5.16 Å². The summed E-state index contributed by atoms with van der Waals surface area (Å²) < 4.78 is 39.5. The number of ether oxygens (including phenoxy) is 1. The average Bonchev–Trinajstić information content (AvgIpc) is 3.26. The molecule has 0 saturated carbocycles. The number of nitrogen functional groups attached to an aromatic ring is 1. The van der Waals surface area contributed by atoms with Gasteiger partial charge in [-0.05, 0) is 17.7 Å². The molecule has 0 aliphatic carbocycles. The Balaban J connectivity index is 0.00000507. The molecule has 0 spiro atoms. The van der Waals surface area contributed by atoms with Crippen LogP contribution in [-0.2, 0) is 36.1 Å². The van der Waals surface area contributed by atoms with Gasteiger partial charge in [-0.2, -0.15) is 0 Å². The third-order valence-electron chi connectivity index (χ3n) is 4.83. The number of thiazole rings is 1. The summed E-state index contributed by atoms with van der Waals surface area (Å²) in [6.45, 7) is -0.873. The molecule has 20 heteroatoms. The molecule has 0 bridgehead atoms. The van der Waals surface area contributed by atoms with Crippen molar-refractivity contribution in [2.75, 3.05) is 19.4 Å². The number of nitrogens with one attached hydrogen (secondary N) is 2. The third-order valence-corrected chi connectivity index (χ3v) is 6.44. The number of non-ortho nitro benzene ring substituents is 1. The average molecular weight is 580 g/mol. The van der Waals surface area contributed by atoms with Crippen molar-refractivity contribution in [1.82, 2.24) is 19.9 Å². The van der Waals surface area contributed by atoms with E-state index < -0.39 is 51.8 Å². The van der Waals surface area contributed by atoms with Crippen molar-refractivity contribution in [2.45, 2.75) is 18.7 Å². The van der Waals surface area contributed by atoms with Crippen molar-refractivity contribution in [1.29, 1.82) is 0 Å². The fourth-order valence-corrected chi connectivity index (χ4v) is 4.57. The number of carbonyl (C=O) groups excluding carboxylic acids is 3. The van der Waals surface area contributed by atoms with Crippen molar-refractivity contribution in [3.05, 3.63) is 51.0 Å². The van der Waals surface area contributed by atoms with Crippen molar-refractivity contribution >= 4 is 56.1 Å². The summed E-state index contributed by atoms with van der Waals surface area (Å²) in [5.74, 6) is -2.22. The van der Waals surface area contributed by atoms with Gasteiger partial charge in [-0.15, -0.1) is 11.3 Å². The normalized spacial score (nSPS) is 17.1. The molecular formula is C18H18N7NaO10S2. The van der Waals surface area contributed by atoms with Crippen LogP contribution in [0.2, 0.25) is 0 Å². The largest absolute Gasteiger partial charge is 1.00 e. The number of nitrogens with zero attached hydrogens (tertiary/aromatic N) is 4. The molecule has 0 radical (unpaired) electrons. The predicted molar refractivity (Wildman–Crippen MR) is 124 cm³/mol. The molecule has 1 saturated heterocycles. The molecule has 17 nitrogen and oxygen atoms in total. The second-order valence-electron chi connectivity index (χ2n) is 7.18. The maximum Gasteiger partial charge on any atom is 1.00 e. The van der Waals surface area contributed by atoms with Crippen LogP contribution in [0.5, 0.6) is 0 Å². The van der Waals surface area contributed by atoms with Crippen molar-refractivity contribution in [3.8, 4) is 0 Å². The topological polar surface area (TPSA) is 249 Å². The van der Waals surface area contributed by atoms with Gasteiger partial charge in [0.15, 0.2) is 21.1 Å². The molecule has 2 aromatic rings. The summed E-state index contributed by atoms with van der Waals surface area (Å²) in [7, 11) is -4.12. The van der Waals surface area contributed by atoms with Crippen LogP contribution in [0.4, 0.5) is 15.6 Å². The van der Waals surface area contributed by atoms with E-state index in [-0.39, 0.29) is 62.7 Å². The van der Waals surface area contributed by atoms with Crippen LogP contribution < -0.4 is 45.9 Å². The first-order valence-electron chi connectivity index (χ1n) is 9.98. The molecule has 1 fully saturated rings. The molecule has 4 N–H and O–H groups in total. The van der Waals surface area contributed by atoms with Gasteiger partial charge in [0.25, 0.3) is 17.5 Å². The number of nitro groups is 1. The molecule has 1 aromatic heterocycles. The van der Waals surface area contributed by atoms with Gasteiger partial charge >= 0.3 is 35.7 Å². The third kappa shape index (κ3) is 7.36. The van der Waals surface area contributed by atoms with E-state index in [0.29, 0.717) is 5.56 Å². The molecule has 1 aliphatic rings. The van der Waals surface area contributed by atoms with Gasteiger partial charge < -0.3 is 30.5 Å². The van der Waals surface area contributed by atoms with Gasteiger partial charge in [0.1, 0.15) is 25.5 Å². The predicted octanol–water partition coefficient (Wildman–Crippen LogP) is -3.93. The number of amides is 3. The number of oxime groups is 1. The number of aromatic nitrogens is 1. The van der Waals surface area contributed by atoms with E-state index in [1.54, 1.807) is 0 Å². The Morgan fingerprint density at radius 2 is 1.97 bits per heavy atom. The fraction of sp³-hybridized carbons (Fsp3) is 0.278.